The molecule has 1 spiro atoms. The van der Waals surface area contributed by atoms with Gasteiger partial charge in [-0.3, -0.25) is 0 Å². The molecule has 2 aromatic carbocycles. The third kappa shape index (κ3) is 5.23. The number of aryl methyl sites for hydroxylation is 1. The van der Waals surface area contributed by atoms with Crippen molar-refractivity contribution >= 4 is 34.9 Å². The Hall–Kier alpha value is -2.21. The van der Waals surface area contributed by atoms with E-state index in [0.29, 0.717) is 24.8 Å². The number of aromatic carboxylic acids is 1. The SMILES string of the molecule is CCC/C=C/[C@H](O)[C@@H]1CC[C@H]1CN1CC2(CCCc3cc(Cl)ccc32)COc2cc(Cl)c(C(=O)O)cc21. The maximum Gasteiger partial charge on any atom is 0.337 e. The monoisotopic (exact) mass is 543 g/mol. The van der Waals surface area contributed by atoms with Gasteiger partial charge in [-0.15, -0.1) is 0 Å². The van der Waals surface area contributed by atoms with Gasteiger partial charge in [0, 0.05) is 29.6 Å². The number of halogens is 2. The number of carboxylic acids is 1. The molecule has 198 valence electrons. The van der Waals surface area contributed by atoms with Gasteiger partial charge in [-0.25, -0.2) is 4.79 Å². The number of carboxylic acid groups (broad SMARTS) is 1. The minimum absolute atomic E-state index is 0.0773. The molecule has 2 N–H and O–H groups in total. The number of benzene rings is 2. The second-order valence-corrected chi connectivity index (χ2v) is 11.8. The van der Waals surface area contributed by atoms with E-state index in [2.05, 4.69) is 30.0 Å². The van der Waals surface area contributed by atoms with E-state index in [0.717, 1.165) is 62.2 Å². The Balaban J connectivity index is 1.51. The second kappa shape index (κ2) is 10.9. The Morgan fingerprint density at radius 2 is 2.11 bits per heavy atom. The molecule has 1 aliphatic heterocycles. The van der Waals surface area contributed by atoms with Crippen LogP contribution < -0.4 is 9.64 Å². The number of aliphatic hydroxyl groups is 1. The van der Waals surface area contributed by atoms with Crippen LogP contribution in [-0.4, -0.2) is 42.0 Å². The van der Waals surface area contributed by atoms with Gasteiger partial charge in [-0.05, 0) is 79.7 Å². The third-order valence-corrected chi connectivity index (χ3v) is 9.06. The second-order valence-electron chi connectivity index (χ2n) is 10.9. The Morgan fingerprint density at radius 3 is 2.84 bits per heavy atom. The molecule has 4 atom stereocenters. The molecule has 0 radical (unpaired) electrons. The largest absolute Gasteiger partial charge is 0.490 e. The van der Waals surface area contributed by atoms with Crippen LogP contribution in [0.15, 0.2) is 42.5 Å². The van der Waals surface area contributed by atoms with Crippen molar-refractivity contribution in [3.05, 3.63) is 69.2 Å². The lowest BCUT2D eigenvalue weighted by Crippen LogP contribution is -2.49. The number of fused-ring (bicyclic) bond motifs is 3. The Morgan fingerprint density at radius 1 is 1.27 bits per heavy atom. The van der Waals surface area contributed by atoms with Gasteiger partial charge in [-0.1, -0.05) is 54.8 Å². The molecule has 0 aromatic heterocycles. The normalized spacial score (nSPS) is 25.7. The van der Waals surface area contributed by atoms with Crippen molar-refractivity contribution in [1.82, 2.24) is 0 Å². The lowest BCUT2D eigenvalue weighted by atomic mass is 9.68. The van der Waals surface area contributed by atoms with E-state index in [9.17, 15) is 15.0 Å². The van der Waals surface area contributed by atoms with Crippen molar-refractivity contribution in [3.63, 3.8) is 0 Å². The fraction of sp³-hybridized carbons (Fsp3) is 0.500. The minimum Gasteiger partial charge on any atom is -0.490 e. The number of rotatable bonds is 7. The van der Waals surface area contributed by atoms with E-state index in [1.807, 2.05) is 12.1 Å². The van der Waals surface area contributed by atoms with Crippen molar-refractivity contribution in [2.24, 2.45) is 11.8 Å². The number of allylic oxidation sites excluding steroid dienone is 1. The standard InChI is InChI=1S/C30H35Cl2NO4/c1-2-3-4-7-27(34)22-10-8-20(22)16-33-17-30(12-5-6-19-13-21(31)9-11-24(19)30)18-37-28-15-25(32)23(29(35)36)14-26(28)33/h4,7,9,11,13-15,20,22,27,34H,2-3,5-6,8,10,12,16-18H2,1H3,(H,35,36)/b7-4+/t20-,22+,27-,30?/m0/s1. The maximum atomic E-state index is 12.0. The summed E-state index contributed by atoms with van der Waals surface area (Å²) in [5.41, 5.74) is 3.12. The topological polar surface area (TPSA) is 70.0 Å². The number of nitrogens with zero attached hydrogens (tertiary/aromatic N) is 1. The van der Waals surface area contributed by atoms with Crippen molar-refractivity contribution in [1.29, 1.82) is 0 Å². The molecule has 1 fully saturated rings. The number of aliphatic hydroxyl groups excluding tert-OH is 1. The molecule has 5 nitrogen and oxygen atoms in total. The average molecular weight is 545 g/mol. The van der Waals surface area contributed by atoms with Gasteiger partial charge >= 0.3 is 5.97 Å². The molecule has 1 unspecified atom stereocenters. The summed E-state index contributed by atoms with van der Waals surface area (Å²) in [6.07, 6.45) is 10.6. The van der Waals surface area contributed by atoms with E-state index in [1.165, 1.54) is 11.1 Å². The summed E-state index contributed by atoms with van der Waals surface area (Å²) < 4.78 is 6.44. The van der Waals surface area contributed by atoms with Gasteiger partial charge in [0.05, 0.1) is 29.0 Å². The van der Waals surface area contributed by atoms with Gasteiger partial charge in [0.1, 0.15) is 5.75 Å². The van der Waals surface area contributed by atoms with Crippen LogP contribution in [0.4, 0.5) is 5.69 Å². The van der Waals surface area contributed by atoms with Crippen LogP contribution in [0.25, 0.3) is 0 Å². The highest BCUT2D eigenvalue weighted by molar-refractivity contribution is 6.33. The zero-order chi connectivity index (χ0) is 26.2. The molecule has 3 aliphatic rings. The van der Waals surface area contributed by atoms with Crippen molar-refractivity contribution in [2.45, 2.75) is 63.4 Å². The fourth-order valence-electron chi connectivity index (χ4n) is 6.40. The summed E-state index contributed by atoms with van der Waals surface area (Å²) >= 11 is 12.7. The highest BCUT2D eigenvalue weighted by Crippen LogP contribution is 2.47. The number of carbonyl (C=O) groups is 1. The quantitative estimate of drug-likeness (QED) is 0.371. The number of unbranched alkanes of at least 4 members (excludes halogenated alkanes) is 1. The highest BCUT2D eigenvalue weighted by atomic mass is 35.5. The van der Waals surface area contributed by atoms with E-state index >= 15 is 0 Å². The lowest BCUT2D eigenvalue weighted by Gasteiger charge is -2.45. The molecule has 0 bridgehead atoms. The molecule has 1 saturated carbocycles. The van der Waals surface area contributed by atoms with Crippen LogP contribution in [0.5, 0.6) is 5.75 Å². The predicted molar refractivity (Wildman–Crippen MR) is 148 cm³/mol. The maximum absolute atomic E-state index is 12.0. The summed E-state index contributed by atoms with van der Waals surface area (Å²) in [5.74, 6) is 0.0662. The number of hydrogen-bond donors (Lipinski definition) is 2. The highest BCUT2D eigenvalue weighted by Gasteiger charge is 2.44. The van der Waals surface area contributed by atoms with Crippen molar-refractivity contribution in [3.8, 4) is 5.75 Å². The van der Waals surface area contributed by atoms with Crippen LogP contribution in [0.2, 0.25) is 10.0 Å². The van der Waals surface area contributed by atoms with Crippen LogP contribution in [0.3, 0.4) is 0 Å². The minimum atomic E-state index is -1.05. The molecule has 2 aromatic rings. The van der Waals surface area contributed by atoms with Gasteiger partial charge in [0.2, 0.25) is 0 Å². The van der Waals surface area contributed by atoms with Gasteiger partial charge < -0.3 is 19.8 Å². The Bertz CT molecular complexity index is 1200. The molecule has 0 amide bonds. The first-order valence-corrected chi connectivity index (χ1v) is 14.1. The Labute approximate surface area is 229 Å². The number of anilines is 1. The van der Waals surface area contributed by atoms with E-state index in [4.69, 9.17) is 27.9 Å². The zero-order valence-electron chi connectivity index (χ0n) is 21.3. The summed E-state index contributed by atoms with van der Waals surface area (Å²) in [6, 6.07) is 9.48. The summed E-state index contributed by atoms with van der Waals surface area (Å²) in [7, 11) is 0. The van der Waals surface area contributed by atoms with E-state index < -0.39 is 12.1 Å². The predicted octanol–water partition coefficient (Wildman–Crippen LogP) is 6.91. The van der Waals surface area contributed by atoms with Crippen LogP contribution in [-0.2, 0) is 11.8 Å². The van der Waals surface area contributed by atoms with E-state index in [1.54, 1.807) is 12.1 Å². The molecule has 7 heteroatoms. The summed E-state index contributed by atoms with van der Waals surface area (Å²) in [6.45, 7) is 4.06. The molecule has 2 aliphatic carbocycles. The van der Waals surface area contributed by atoms with Crippen LogP contribution in [0, 0.1) is 11.8 Å². The summed E-state index contributed by atoms with van der Waals surface area (Å²) in [5, 5.41) is 21.6. The Kier molecular flexibility index (Phi) is 7.76. The van der Waals surface area contributed by atoms with Crippen molar-refractivity contribution in [2.75, 3.05) is 24.6 Å². The van der Waals surface area contributed by atoms with Gasteiger partial charge in [-0.2, -0.15) is 0 Å². The summed E-state index contributed by atoms with van der Waals surface area (Å²) in [4.78, 5) is 14.2. The lowest BCUT2D eigenvalue weighted by molar-refractivity contribution is 0.0456. The average Bonchev–Trinajstić information content (AvgIpc) is 2.98. The molecule has 0 saturated heterocycles. The van der Waals surface area contributed by atoms with Crippen LogP contribution in [0.1, 0.15) is 66.9 Å². The van der Waals surface area contributed by atoms with Gasteiger partial charge in [0.15, 0.2) is 0 Å². The first-order chi connectivity index (χ1) is 17.8. The van der Waals surface area contributed by atoms with E-state index in [-0.39, 0.29) is 21.9 Å². The smallest absolute Gasteiger partial charge is 0.337 e. The van der Waals surface area contributed by atoms with Crippen molar-refractivity contribution < 1.29 is 19.7 Å². The third-order valence-electron chi connectivity index (χ3n) is 8.52. The number of hydrogen-bond acceptors (Lipinski definition) is 4. The molecule has 5 rings (SSSR count). The van der Waals surface area contributed by atoms with Gasteiger partial charge in [0.25, 0.3) is 0 Å². The molecule has 37 heavy (non-hydrogen) atoms. The number of ether oxygens (including phenoxy) is 1. The van der Waals surface area contributed by atoms with Crippen LogP contribution >= 0.6 is 23.2 Å². The molecular weight excluding hydrogens is 509 g/mol. The first kappa shape index (κ1) is 26.4. The molecule has 1 heterocycles. The first-order valence-electron chi connectivity index (χ1n) is 13.4. The zero-order valence-corrected chi connectivity index (χ0v) is 22.8. The molecular formula is C30H35Cl2NO4. The fourth-order valence-corrected chi connectivity index (χ4v) is 6.83.